The van der Waals surface area contributed by atoms with Crippen molar-refractivity contribution in [2.45, 2.75) is 52.6 Å². The molecule has 1 aromatic heterocycles. The Hall–Kier alpha value is -1.61. The van der Waals surface area contributed by atoms with Crippen LogP contribution >= 0.6 is 0 Å². The molecule has 1 aromatic carbocycles. The second-order valence-electron chi connectivity index (χ2n) is 5.77. The highest BCUT2D eigenvalue weighted by Crippen LogP contribution is 2.19. The second-order valence-corrected chi connectivity index (χ2v) is 5.77. The van der Waals surface area contributed by atoms with Crippen LogP contribution in [-0.2, 0) is 6.42 Å². The third-order valence-electron chi connectivity index (χ3n) is 4.05. The van der Waals surface area contributed by atoms with Crippen molar-refractivity contribution in [3.63, 3.8) is 0 Å². The summed E-state index contributed by atoms with van der Waals surface area (Å²) in [5.41, 5.74) is 3.79. The van der Waals surface area contributed by atoms with Gasteiger partial charge in [0.1, 0.15) is 0 Å². The molecule has 3 heteroatoms. The van der Waals surface area contributed by atoms with Crippen LogP contribution in [0, 0.1) is 6.92 Å². The third kappa shape index (κ3) is 4.18. The Labute approximate surface area is 128 Å². The first-order valence-corrected chi connectivity index (χ1v) is 7.98. The smallest absolute Gasteiger partial charge is 0.0643 e. The predicted molar refractivity (Wildman–Crippen MR) is 88.5 cm³/mol. The van der Waals surface area contributed by atoms with Crippen molar-refractivity contribution in [1.82, 2.24) is 15.1 Å². The first-order chi connectivity index (χ1) is 10.1. The average Bonchev–Trinajstić information content (AvgIpc) is 2.95. The molecule has 21 heavy (non-hydrogen) atoms. The summed E-state index contributed by atoms with van der Waals surface area (Å²) < 4.78 is 2.08. The molecule has 0 spiro atoms. The number of likely N-dealkylation sites (N-methyl/N-ethyl adjacent to an activating group) is 1. The van der Waals surface area contributed by atoms with Crippen LogP contribution in [-0.4, -0.2) is 16.3 Å². The molecule has 0 aliphatic carbocycles. The maximum absolute atomic E-state index is 4.72. The minimum Gasteiger partial charge on any atom is -0.310 e. The van der Waals surface area contributed by atoms with Crippen LogP contribution in [0.3, 0.4) is 0 Å². The first kappa shape index (κ1) is 15.8. The van der Waals surface area contributed by atoms with E-state index in [4.69, 9.17) is 5.10 Å². The minimum atomic E-state index is 0.330. The molecular formula is C18H27N3. The summed E-state index contributed by atoms with van der Waals surface area (Å²) in [7, 11) is 0. The lowest BCUT2D eigenvalue weighted by atomic mass is 10.0. The van der Waals surface area contributed by atoms with Crippen molar-refractivity contribution in [1.29, 1.82) is 0 Å². The van der Waals surface area contributed by atoms with Gasteiger partial charge in [-0.05, 0) is 38.4 Å². The molecule has 0 amide bonds. The number of aryl methyl sites for hydroxylation is 1. The fraction of sp³-hybridized carbons (Fsp3) is 0.500. The van der Waals surface area contributed by atoms with Crippen molar-refractivity contribution in [3.05, 3.63) is 53.3 Å². The Morgan fingerprint density at radius 3 is 2.48 bits per heavy atom. The zero-order valence-electron chi connectivity index (χ0n) is 13.6. The van der Waals surface area contributed by atoms with Crippen LogP contribution in [0.1, 0.15) is 56.1 Å². The number of aromatic nitrogens is 2. The summed E-state index contributed by atoms with van der Waals surface area (Å²) in [5, 5.41) is 8.29. The summed E-state index contributed by atoms with van der Waals surface area (Å²) in [6.45, 7) is 9.64. The van der Waals surface area contributed by atoms with Gasteiger partial charge in [-0.3, -0.25) is 4.68 Å². The molecule has 0 saturated carbocycles. The molecule has 0 saturated heterocycles. The summed E-state index contributed by atoms with van der Waals surface area (Å²) in [4.78, 5) is 0. The fourth-order valence-electron chi connectivity index (χ4n) is 2.48. The van der Waals surface area contributed by atoms with Crippen molar-refractivity contribution in [3.8, 4) is 0 Å². The van der Waals surface area contributed by atoms with Gasteiger partial charge in [0.15, 0.2) is 0 Å². The standard InChI is InChI=1S/C18H27N3/c1-5-15(4)21-12-11-17(20-21)13-18(19-6-2)16-9-7-14(3)8-10-16/h7-12,15,18-19H,5-6,13H2,1-4H3. The Morgan fingerprint density at radius 2 is 1.86 bits per heavy atom. The van der Waals surface area contributed by atoms with E-state index in [-0.39, 0.29) is 0 Å². The summed E-state index contributed by atoms with van der Waals surface area (Å²) in [5.74, 6) is 0. The predicted octanol–water partition coefficient (Wildman–Crippen LogP) is 4.06. The lowest BCUT2D eigenvalue weighted by Gasteiger charge is -2.17. The normalized spacial score (nSPS) is 14.1. The van der Waals surface area contributed by atoms with Gasteiger partial charge in [0, 0.05) is 24.7 Å². The Morgan fingerprint density at radius 1 is 1.14 bits per heavy atom. The van der Waals surface area contributed by atoms with Crippen molar-refractivity contribution >= 4 is 0 Å². The van der Waals surface area contributed by atoms with Gasteiger partial charge in [0.25, 0.3) is 0 Å². The zero-order valence-corrected chi connectivity index (χ0v) is 13.6. The van der Waals surface area contributed by atoms with Gasteiger partial charge in [0.2, 0.25) is 0 Å². The molecular weight excluding hydrogens is 258 g/mol. The number of nitrogens with one attached hydrogen (secondary N) is 1. The molecule has 114 valence electrons. The van der Waals surface area contributed by atoms with Crippen LogP contribution in [0.2, 0.25) is 0 Å². The molecule has 2 unspecified atom stereocenters. The Balaban J connectivity index is 2.12. The SMILES string of the molecule is CCNC(Cc1ccn(C(C)CC)n1)c1ccc(C)cc1. The van der Waals surface area contributed by atoms with Crippen LogP contribution in [0.15, 0.2) is 36.5 Å². The van der Waals surface area contributed by atoms with Crippen LogP contribution < -0.4 is 5.32 Å². The Kier molecular flexibility index (Phi) is 5.57. The number of hydrogen-bond acceptors (Lipinski definition) is 2. The summed E-state index contributed by atoms with van der Waals surface area (Å²) in [6, 6.07) is 11.7. The minimum absolute atomic E-state index is 0.330. The zero-order chi connectivity index (χ0) is 15.2. The van der Waals surface area contributed by atoms with E-state index in [1.807, 2.05) is 0 Å². The van der Waals surface area contributed by atoms with Crippen molar-refractivity contribution in [2.75, 3.05) is 6.54 Å². The highest BCUT2D eigenvalue weighted by Gasteiger charge is 2.13. The van der Waals surface area contributed by atoms with Crippen molar-refractivity contribution in [2.24, 2.45) is 0 Å². The largest absolute Gasteiger partial charge is 0.310 e. The van der Waals surface area contributed by atoms with Crippen molar-refractivity contribution < 1.29 is 0 Å². The summed E-state index contributed by atoms with van der Waals surface area (Å²) in [6.07, 6.45) is 4.14. The molecule has 3 nitrogen and oxygen atoms in total. The van der Waals surface area contributed by atoms with Gasteiger partial charge in [-0.25, -0.2) is 0 Å². The maximum Gasteiger partial charge on any atom is 0.0643 e. The highest BCUT2D eigenvalue weighted by molar-refractivity contribution is 5.25. The van der Waals surface area contributed by atoms with Gasteiger partial charge >= 0.3 is 0 Å². The molecule has 0 radical (unpaired) electrons. The van der Waals surface area contributed by atoms with Gasteiger partial charge in [-0.1, -0.05) is 43.7 Å². The van der Waals surface area contributed by atoms with E-state index in [9.17, 15) is 0 Å². The van der Waals surface area contributed by atoms with E-state index >= 15 is 0 Å². The highest BCUT2D eigenvalue weighted by atomic mass is 15.3. The molecule has 2 aromatic rings. The fourth-order valence-corrected chi connectivity index (χ4v) is 2.48. The van der Waals surface area contributed by atoms with E-state index in [1.54, 1.807) is 0 Å². The Bertz CT molecular complexity index is 542. The lowest BCUT2D eigenvalue weighted by Crippen LogP contribution is -2.23. The molecule has 1 heterocycles. The quantitative estimate of drug-likeness (QED) is 0.831. The first-order valence-electron chi connectivity index (χ1n) is 7.98. The van der Waals surface area contributed by atoms with E-state index in [0.29, 0.717) is 12.1 Å². The number of hydrogen-bond donors (Lipinski definition) is 1. The van der Waals surface area contributed by atoms with E-state index in [1.165, 1.54) is 11.1 Å². The number of rotatable bonds is 7. The van der Waals surface area contributed by atoms with Crippen LogP contribution in [0.25, 0.3) is 0 Å². The molecule has 2 atom stereocenters. The topological polar surface area (TPSA) is 29.9 Å². The van der Waals surface area contributed by atoms with Crippen LogP contribution in [0.5, 0.6) is 0 Å². The summed E-state index contributed by atoms with van der Waals surface area (Å²) >= 11 is 0. The molecule has 0 fully saturated rings. The van der Waals surface area contributed by atoms with E-state index in [2.05, 4.69) is 74.2 Å². The van der Waals surface area contributed by atoms with Crippen LogP contribution in [0.4, 0.5) is 0 Å². The monoisotopic (exact) mass is 285 g/mol. The van der Waals surface area contributed by atoms with Gasteiger partial charge in [0.05, 0.1) is 5.69 Å². The van der Waals surface area contributed by atoms with E-state index < -0.39 is 0 Å². The molecule has 0 bridgehead atoms. The van der Waals surface area contributed by atoms with Gasteiger partial charge in [-0.2, -0.15) is 5.10 Å². The number of nitrogens with zero attached hydrogens (tertiary/aromatic N) is 2. The van der Waals surface area contributed by atoms with Gasteiger partial charge < -0.3 is 5.32 Å². The third-order valence-corrected chi connectivity index (χ3v) is 4.05. The maximum atomic E-state index is 4.72. The van der Waals surface area contributed by atoms with E-state index in [0.717, 1.165) is 25.1 Å². The lowest BCUT2D eigenvalue weighted by molar-refractivity contribution is 0.467. The average molecular weight is 285 g/mol. The second kappa shape index (κ2) is 7.41. The van der Waals surface area contributed by atoms with Gasteiger partial charge in [-0.15, -0.1) is 0 Å². The molecule has 0 aliphatic heterocycles. The molecule has 2 rings (SSSR count). The molecule has 1 N–H and O–H groups in total. The number of benzene rings is 1. The molecule has 0 aliphatic rings.